The first kappa shape index (κ1) is 17.7. The summed E-state index contributed by atoms with van der Waals surface area (Å²) in [6.45, 7) is 5.67. The maximum atomic E-state index is 13.3. The summed E-state index contributed by atoms with van der Waals surface area (Å²) in [5.74, 6) is -1.15. The van der Waals surface area contributed by atoms with E-state index in [1.54, 1.807) is 0 Å². The van der Waals surface area contributed by atoms with Gasteiger partial charge in [-0.15, -0.1) is 0 Å². The number of urea groups is 1. The van der Waals surface area contributed by atoms with E-state index in [4.69, 9.17) is 9.84 Å². The number of hydrogen-bond donors (Lipinski definition) is 3. The molecule has 0 heterocycles. The van der Waals surface area contributed by atoms with Crippen molar-refractivity contribution < 1.29 is 23.8 Å². The van der Waals surface area contributed by atoms with Gasteiger partial charge in [-0.3, -0.25) is 4.79 Å². The predicted molar refractivity (Wildman–Crippen MR) is 80.7 cm³/mol. The summed E-state index contributed by atoms with van der Waals surface area (Å²) in [5, 5.41) is 13.6. The third-order valence-electron chi connectivity index (χ3n) is 2.46. The highest BCUT2D eigenvalue weighted by molar-refractivity contribution is 5.90. The van der Waals surface area contributed by atoms with E-state index in [0.29, 0.717) is 12.1 Å². The number of rotatable bonds is 6. The molecule has 1 rings (SSSR count). The molecule has 3 N–H and O–H groups in total. The lowest BCUT2D eigenvalue weighted by Gasteiger charge is -2.23. The van der Waals surface area contributed by atoms with Crippen LogP contribution in [-0.2, 0) is 4.79 Å². The van der Waals surface area contributed by atoms with Gasteiger partial charge in [0.2, 0.25) is 0 Å². The Morgan fingerprint density at radius 2 is 2.00 bits per heavy atom. The average molecular weight is 312 g/mol. The van der Waals surface area contributed by atoms with E-state index < -0.39 is 23.4 Å². The van der Waals surface area contributed by atoms with Gasteiger partial charge in [-0.05, 0) is 39.3 Å². The molecular weight excluding hydrogens is 291 g/mol. The van der Waals surface area contributed by atoms with E-state index >= 15 is 0 Å². The minimum Gasteiger partial charge on any atom is -0.486 e. The average Bonchev–Trinajstić information content (AvgIpc) is 2.36. The number of carboxylic acid groups (broad SMARTS) is 1. The molecule has 2 amide bonds. The van der Waals surface area contributed by atoms with Crippen molar-refractivity contribution in [2.24, 2.45) is 0 Å². The molecule has 0 unspecified atom stereocenters. The van der Waals surface area contributed by atoms with Crippen LogP contribution in [0.1, 0.15) is 33.6 Å². The van der Waals surface area contributed by atoms with Crippen molar-refractivity contribution >= 4 is 17.7 Å². The van der Waals surface area contributed by atoms with Crippen molar-refractivity contribution in [3.05, 3.63) is 24.0 Å². The Morgan fingerprint density at radius 3 is 2.59 bits per heavy atom. The number of carbonyl (C=O) groups excluding carboxylic acids is 1. The Bertz CT molecular complexity index is 541. The van der Waals surface area contributed by atoms with Gasteiger partial charge in [-0.25, -0.2) is 9.18 Å². The Hall–Kier alpha value is -2.31. The predicted octanol–water partition coefficient (Wildman–Crippen LogP) is 2.99. The fourth-order valence-corrected chi connectivity index (χ4v) is 1.62. The van der Waals surface area contributed by atoms with E-state index in [1.807, 2.05) is 20.8 Å². The third kappa shape index (κ3) is 6.92. The monoisotopic (exact) mass is 312 g/mol. The summed E-state index contributed by atoms with van der Waals surface area (Å²) in [7, 11) is 0. The fourth-order valence-electron chi connectivity index (χ4n) is 1.62. The van der Waals surface area contributed by atoms with Crippen LogP contribution in [-0.4, -0.2) is 29.3 Å². The molecule has 0 saturated heterocycles. The smallest absolute Gasteiger partial charge is 0.319 e. The van der Waals surface area contributed by atoms with Gasteiger partial charge < -0.3 is 20.5 Å². The van der Waals surface area contributed by atoms with Crippen molar-refractivity contribution in [1.82, 2.24) is 5.32 Å². The molecule has 0 fully saturated rings. The normalized spacial score (nSPS) is 10.9. The van der Waals surface area contributed by atoms with Gasteiger partial charge in [-0.2, -0.15) is 0 Å². The minimum atomic E-state index is -0.915. The highest BCUT2D eigenvalue weighted by Crippen LogP contribution is 2.28. The lowest BCUT2D eigenvalue weighted by Crippen LogP contribution is -2.30. The van der Waals surface area contributed by atoms with Gasteiger partial charge in [0.15, 0.2) is 0 Å². The minimum absolute atomic E-state index is 0.0186. The zero-order valence-corrected chi connectivity index (χ0v) is 12.9. The number of benzene rings is 1. The molecule has 0 bridgehead atoms. The lowest BCUT2D eigenvalue weighted by molar-refractivity contribution is -0.137. The number of carboxylic acids is 1. The molecule has 122 valence electrons. The van der Waals surface area contributed by atoms with Crippen LogP contribution in [0.5, 0.6) is 5.75 Å². The van der Waals surface area contributed by atoms with E-state index in [-0.39, 0.29) is 18.7 Å². The van der Waals surface area contributed by atoms with E-state index in [1.165, 1.54) is 18.2 Å². The molecule has 0 spiro atoms. The second-order valence-corrected chi connectivity index (χ2v) is 5.73. The largest absolute Gasteiger partial charge is 0.486 e. The highest BCUT2D eigenvalue weighted by atomic mass is 19.1. The van der Waals surface area contributed by atoms with Crippen molar-refractivity contribution in [1.29, 1.82) is 0 Å². The SMILES string of the molecule is CC(C)(C)Oc1cc(F)ccc1NC(=O)NCCCC(=O)O. The van der Waals surface area contributed by atoms with Crippen molar-refractivity contribution in [2.75, 3.05) is 11.9 Å². The molecule has 0 atom stereocenters. The Labute approximate surface area is 128 Å². The fraction of sp³-hybridized carbons (Fsp3) is 0.467. The molecule has 0 saturated carbocycles. The van der Waals surface area contributed by atoms with Crippen LogP contribution in [0, 0.1) is 5.82 Å². The molecule has 1 aromatic carbocycles. The summed E-state index contributed by atoms with van der Waals surface area (Å²) < 4.78 is 18.9. The molecule has 0 aliphatic carbocycles. The van der Waals surface area contributed by atoms with Crippen molar-refractivity contribution in [2.45, 2.75) is 39.2 Å². The van der Waals surface area contributed by atoms with Crippen LogP contribution < -0.4 is 15.4 Å². The number of ether oxygens (including phenoxy) is 1. The number of anilines is 1. The van der Waals surface area contributed by atoms with Crippen LogP contribution in [0.4, 0.5) is 14.9 Å². The van der Waals surface area contributed by atoms with Crippen LogP contribution in [0.25, 0.3) is 0 Å². The summed E-state index contributed by atoms with van der Waals surface area (Å²) in [4.78, 5) is 22.1. The van der Waals surface area contributed by atoms with E-state index in [9.17, 15) is 14.0 Å². The number of halogens is 1. The number of aliphatic carboxylic acids is 1. The number of nitrogens with one attached hydrogen (secondary N) is 2. The molecule has 0 aliphatic rings. The molecule has 7 heteroatoms. The van der Waals surface area contributed by atoms with Crippen molar-refractivity contribution in [3.8, 4) is 5.75 Å². The maximum absolute atomic E-state index is 13.3. The van der Waals surface area contributed by atoms with Gasteiger partial charge in [0, 0.05) is 19.0 Å². The summed E-state index contributed by atoms with van der Waals surface area (Å²) >= 11 is 0. The van der Waals surface area contributed by atoms with Crippen molar-refractivity contribution in [3.63, 3.8) is 0 Å². The van der Waals surface area contributed by atoms with Gasteiger partial charge in [0.05, 0.1) is 5.69 Å². The first-order chi connectivity index (χ1) is 10.2. The number of hydrogen-bond acceptors (Lipinski definition) is 3. The quantitative estimate of drug-likeness (QED) is 0.705. The maximum Gasteiger partial charge on any atom is 0.319 e. The van der Waals surface area contributed by atoms with Crippen LogP contribution >= 0.6 is 0 Å². The second-order valence-electron chi connectivity index (χ2n) is 5.73. The zero-order chi connectivity index (χ0) is 16.8. The van der Waals surface area contributed by atoms with Crippen LogP contribution in [0.3, 0.4) is 0 Å². The molecule has 6 nitrogen and oxygen atoms in total. The lowest BCUT2D eigenvalue weighted by atomic mass is 10.2. The molecule has 1 aromatic rings. The molecule has 0 radical (unpaired) electrons. The number of carbonyl (C=O) groups is 2. The first-order valence-corrected chi connectivity index (χ1v) is 6.92. The Morgan fingerprint density at radius 1 is 1.32 bits per heavy atom. The Balaban J connectivity index is 2.64. The molecule has 0 aliphatic heterocycles. The van der Waals surface area contributed by atoms with Gasteiger partial charge in [-0.1, -0.05) is 0 Å². The van der Waals surface area contributed by atoms with Gasteiger partial charge >= 0.3 is 12.0 Å². The van der Waals surface area contributed by atoms with Crippen LogP contribution in [0.15, 0.2) is 18.2 Å². The molecular formula is C15H21FN2O4. The van der Waals surface area contributed by atoms with E-state index in [2.05, 4.69) is 10.6 Å². The third-order valence-corrected chi connectivity index (χ3v) is 2.46. The standard InChI is InChI=1S/C15H21FN2O4/c1-15(2,3)22-12-9-10(16)6-7-11(12)18-14(21)17-8-4-5-13(19)20/h6-7,9H,4-5,8H2,1-3H3,(H,19,20)(H2,17,18,21). The van der Waals surface area contributed by atoms with E-state index in [0.717, 1.165) is 0 Å². The van der Waals surface area contributed by atoms with Gasteiger partial charge in [0.25, 0.3) is 0 Å². The molecule has 0 aromatic heterocycles. The topological polar surface area (TPSA) is 87.7 Å². The number of amides is 2. The first-order valence-electron chi connectivity index (χ1n) is 6.92. The second kappa shape index (κ2) is 7.63. The summed E-state index contributed by atoms with van der Waals surface area (Å²) in [6, 6.07) is 3.32. The summed E-state index contributed by atoms with van der Waals surface area (Å²) in [5.41, 5.74) is -0.200. The Kier molecular flexibility index (Phi) is 6.15. The zero-order valence-electron chi connectivity index (χ0n) is 12.9. The van der Waals surface area contributed by atoms with Gasteiger partial charge in [0.1, 0.15) is 17.2 Å². The molecule has 22 heavy (non-hydrogen) atoms. The van der Waals surface area contributed by atoms with Crippen LogP contribution in [0.2, 0.25) is 0 Å². The summed E-state index contributed by atoms with van der Waals surface area (Å²) in [6.07, 6.45) is 0.312. The highest BCUT2D eigenvalue weighted by Gasteiger charge is 2.16.